The summed E-state index contributed by atoms with van der Waals surface area (Å²) in [6.07, 6.45) is 2.83. The van der Waals surface area contributed by atoms with Crippen molar-refractivity contribution in [2.45, 2.75) is 0 Å². The van der Waals surface area contributed by atoms with Crippen LogP contribution in [0.25, 0.3) is 17.4 Å². The van der Waals surface area contributed by atoms with Crippen LogP contribution in [0.4, 0.5) is 5.69 Å². The average molecular weight is 273 g/mol. The Bertz CT molecular complexity index is 643. The van der Waals surface area contributed by atoms with Crippen molar-refractivity contribution in [2.24, 2.45) is 0 Å². The van der Waals surface area contributed by atoms with Crippen molar-refractivity contribution in [3.8, 4) is 17.1 Å². The SMILES string of the molecule is COC(=O)/C=C/c1ccc(-c2ccc(OC)cc2N)o1. The van der Waals surface area contributed by atoms with Gasteiger partial charge in [-0.25, -0.2) is 4.79 Å². The molecule has 5 nitrogen and oxygen atoms in total. The molecular weight excluding hydrogens is 258 g/mol. The summed E-state index contributed by atoms with van der Waals surface area (Å²) in [5.41, 5.74) is 7.27. The van der Waals surface area contributed by atoms with Crippen molar-refractivity contribution < 1.29 is 18.7 Å². The molecular formula is C15H15NO4. The van der Waals surface area contributed by atoms with E-state index in [9.17, 15) is 4.79 Å². The van der Waals surface area contributed by atoms with Crippen molar-refractivity contribution >= 4 is 17.7 Å². The number of carbonyl (C=O) groups excluding carboxylic acids is 1. The van der Waals surface area contributed by atoms with E-state index in [1.54, 1.807) is 31.4 Å². The highest BCUT2D eigenvalue weighted by Gasteiger charge is 2.08. The number of nitrogens with two attached hydrogens (primary N) is 1. The highest BCUT2D eigenvalue weighted by atomic mass is 16.5. The molecule has 2 rings (SSSR count). The summed E-state index contributed by atoms with van der Waals surface area (Å²) < 4.78 is 15.2. The molecule has 5 heteroatoms. The molecule has 1 heterocycles. The third-order valence-corrected chi connectivity index (χ3v) is 2.74. The van der Waals surface area contributed by atoms with Gasteiger partial charge in [0.1, 0.15) is 17.3 Å². The van der Waals surface area contributed by atoms with Crippen LogP contribution in [0.15, 0.2) is 40.8 Å². The number of carbonyl (C=O) groups is 1. The lowest BCUT2D eigenvalue weighted by molar-refractivity contribution is -0.134. The van der Waals surface area contributed by atoms with Crippen molar-refractivity contribution in [2.75, 3.05) is 20.0 Å². The van der Waals surface area contributed by atoms with Crippen LogP contribution in [0.3, 0.4) is 0 Å². The molecule has 0 aliphatic rings. The van der Waals surface area contributed by atoms with Crippen molar-refractivity contribution in [3.05, 3.63) is 42.2 Å². The Morgan fingerprint density at radius 2 is 2.05 bits per heavy atom. The van der Waals surface area contributed by atoms with Gasteiger partial charge in [0.2, 0.25) is 0 Å². The Balaban J connectivity index is 2.24. The van der Waals surface area contributed by atoms with E-state index in [0.29, 0.717) is 23.0 Å². The minimum absolute atomic E-state index is 0.438. The quantitative estimate of drug-likeness (QED) is 0.526. The van der Waals surface area contributed by atoms with E-state index in [-0.39, 0.29) is 0 Å². The summed E-state index contributed by atoms with van der Waals surface area (Å²) >= 11 is 0. The predicted molar refractivity (Wildman–Crippen MR) is 76.2 cm³/mol. The van der Waals surface area contributed by atoms with Crippen LogP contribution < -0.4 is 10.5 Å². The molecule has 2 N–H and O–H groups in total. The number of hydrogen-bond donors (Lipinski definition) is 1. The predicted octanol–water partition coefficient (Wildman–Crippen LogP) is 2.72. The van der Waals surface area contributed by atoms with Crippen LogP contribution in [0.2, 0.25) is 0 Å². The van der Waals surface area contributed by atoms with Crippen LogP contribution >= 0.6 is 0 Å². The van der Waals surface area contributed by atoms with E-state index < -0.39 is 5.97 Å². The summed E-state index contributed by atoms with van der Waals surface area (Å²) in [6.45, 7) is 0. The molecule has 0 saturated heterocycles. The fourth-order valence-corrected chi connectivity index (χ4v) is 1.70. The van der Waals surface area contributed by atoms with E-state index in [1.165, 1.54) is 19.3 Å². The van der Waals surface area contributed by atoms with Crippen molar-refractivity contribution in [1.82, 2.24) is 0 Å². The molecule has 1 aromatic carbocycles. The number of anilines is 1. The molecule has 2 aromatic rings. The van der Waals surface area contributed by atoms with E-state index in [0.717, 1.165) is 5.56 Å². The number of rotatable bonds is 4. The first kappa shape index (κ1) is 13.7. The second-order valence-electron chi connectivity index (χ2n) is 4.01. The Labute approximate surface area is 116 Å². The molecule has 0 bridgehead atoms. The molecule has 0 radical (unpaired) electrons. The first-order chi connectivity index (χ1) is 9.63. The molecule has 0 unspecified atom stereocenters. The fraction of sp³-hybridized carbons (Fsp3) is 0.133. The molecule has 1 aromatic heterocycles. The molecule has 0 spiro atoms. The summed E-state index contributed by atoms with van der Waals surface area (Å²) in [5.74, 6) is 1.41. The van der Waals surface area contributed by atoms with E-state index in [4.69, 9.17) is 14.9 Å². The number of furan rings is 1. The summed E-state index contributed by atoms with van der Waals surface area (Å²) in [7, 11) is 2.90. The molecule has 0 fully saturated rings. The zero-order chi connectivity index (χ0) is 14.5. The maximum Gasteiger partial charge on any atom is 0.330 e. The first-order valence-corrected chi connectivity index (χ1v) is 5.94. The molecule has 0 aliphatic heterocycles. The van der Waals surface area contributed by atoms with Crippen molar-refractivity contribution in [3.63, 3.8) is 0 Å². The second-order valence-corrected chi connectivity index (χ2v) is 4.01. The average Bonchev–Trinajstić information content (AvgIpc) is 2.93. The van der Waals surface area contributed by atoms with Gasteiger partial charge in [-0.1, -0.05) is 0 Å². The Hall–Kier alpha value is -2.69. The number of nitrogen functional groups attached to an aromatic ring is 1. The van der Waals surface area contributed by atoms with Crippen LogP contribution in [-0.2, 0) is 9.53 Å². The second kappa shape index (κ2) is 5.97. The Kier molecular flexibility index (Phi) is 4.10. The van der Waals surface area contributed by atoms with Gasteiger partial charge in [0.15, 0.2) is 0 Å². The molecule has 0 aliphatic carbocycles. The first-order valence-electron chi connectivity index (χ1n) is 5.94. The molecule has 104 valence electrons. The highest BCUT2D eigenvalue weighted by molar-refractivity contribution is 5.86. The van der Waals surface area contributed by atoms with Gasteiger partial charge in [-0.15, -0.1) is 0 Å². The van der Waals surface area contributed by atoms with Crippen LogP contribution in [-0.4, -0.2) is 20.2 Å². The minimum Gasteiger partial charge on any atom is -0.497 e. The van der Waals surface area contributed by atoms with Crippen molar-refractivity contribution in [1.29, 1.82) is 0 Å². The smallest absolute Gasteiger partial charge is 0.330 e. The van der Waals surface area contributed by atoms with Gasteiger partial charge in [0.05, 0.1) is 14.2 Å². The zero-order valence-corrected chi connectivity index (χ0v) is 11.3. The summed E-state index contributed by atoms with van der Waals surface area (Å²) in [6, 6.07) is 8.88. The lowest BCUT2D eigenvalue weighted by Crippen LogP contribution is -1.92. The van der Waals surface area contributed by atoms with Gasteiger partial charge in [-0.2, -0.15) is 0 Å². The third kappa shape index (κ3) is 3.00. The minimum atomic E-state index is -0.438. The normalized spacial score (nSPS) is 10.7. The topological polar surface area (TPSA) is 74.7 Å². The zero-order valence-electron chi connectivity index (χ0n) is 11.3. The third-order valence-electron chi connectivity index (χ3n) is 2.74. The summed E-state index contributed by atoms with van der Waals surface area (Å²) in [5, 5.41) is 0. The van der Waals surface area contributed by atoms with Crippen LogP contribution in [0, 0.1) is 0 Å². The molecule has 0 atom stereocenters. The lowest BCUT2D eigenvalue weighted by atomic mass is 10.1. The van der Waals surface area contributed by atoms with Gasteiger partial charge < -0.3 is 19.6 Å². The molecule has 0 saturated carbocycles. The van der Waals surface area contributed by atoms with Gasteiger partial charge in [0, 0.05) is 23.4 Å². The lowest BCUT2D eigenvalue weighted by Gasteiger charge is -2.05. The number of hydrogen-bond acceptors (Lipinski definition) is 5. The Morgan fingerprint density at radius 3 is 2.70 bits per heavy atom. The van der Waals surface area contributed by atoms with Gasteiger partial charge in [0.25, 0.3) is 0 Å². The van der Waals surface area contributed by atoms with Gasteiger partial charge >= 0.3 is 5.97 Å². The largest absolute Gasteiger partial charge is 0.497 e. The highest BCUT2D eigenvalue weighted by Crippen LogP contribution is 2.30. The maximum absolute atomic E-state index is 11.0. The van der Waals surface area contributed by atoms with E-state index in [1.807, 2.05) is 6.07 Å². The Morgan fingerprint density at radius 1 is 1.25 bits per heavy atom. The standard InChI is InChI=1S/C15H15NO4/c1-18-11-3-6-12(13(16)9-11)14-7-4-10(20-14)5-8-15(17)19-2/h3-9H,16H2,1-2H3/b8-5+. The number of esters is 1. The van der Waals surface area contributed by atoms with E-state index >= 15 is 0 Å². The maximum atomic E-state index is 11.0. The summed E-state index contributed by atoms with van der Waals surface area (Å²) in [4.78, 5) is 11.0. The fourth-order valence-electron chi connectivity index (χ4n) is 1.70. The molecule has 0 amide bonds. The van der Waals surface area contributed by atoms with Crippen LogP contribution in [0.5, 0.6) is 5.75 Å². The van der Waals surface area contributed by atoms with Crippen LogP contribution in [0.1, 0.15) is 5.76 Å². The van der Waals surface area contributed by atoms with E-state index in [2.05, 4.69) is 4.74 Å². The van der Waals surface area contributed by atoms with Gasteiger partial charge in [-0.05, 0) is 30.3 Å². The monoisotopic (exact) mass is 273 g/mol. The number of methoxy groups -OCH3 is 2. The number of benzene rings is 1. The number of ether oxygens (including phenoxy) is 2. The van der Waals surface area contributed by atoms with Gasteiger partial charge in [-0.3, -0.25) is 0 Å². The molecule has 20 heavy (non-hydrogen) atoms.